The lowest BCUT2D eigenvalue weighted by Crippen LogP contribution is -2.50. The molecule has 5 nitrogen and oxygen atoms in total. The molecule has 0 spiro atoms. The van der Waals surface area contributed by atoms with E-state index in [1.54, 1.807) is 27.4 Å². The van der Waals surface area contributed by atoms with Crippen LogP contribution in [0.5, 0.6) is 0 Å². The van der Waals surface area contributed by atoms with Crippen molar-refractivity contribution in [3.05, 3.63) is 0 Å². The molecule has 1 aliphatic rings. The first-order valence-electron chi connectivity index (χ1n) is 7.34. The zero-order chi connectivity index (χ0) is 15.2. The maximum absolute atomic E-state index is 12.7. The Labute approximate surface area is 128 Å². The van der Waals surface area contributed by atoms with Crippen molar-refractivity contribution in [1.29, 1.82) is 0 Å². The first kappa shape index (κ1) is 18.2. The minimum atomic E-state index is -3.30. The fraction of sp³-hybridized carbons (Fsp3) is 1.00. The SMILES string of the molecule is CCC(CSC)N(C)S(=O)(=O)N1CCC(CNC)CC1. The van der Waals surface area contributed by atoms with Crippen molar-refractivity contribution >= 4 is 22.0 Å². The molecule has 1 aliphatic heterocycles. The van der Waals surface area contributed by atoms with Crippen molar-refractivity contribution in [3.63, 3.8) is 0 Å². The number of nitrogens with one attached hydrogen (secondary N) is 1. The monoisotopic (exact) mass is 323 g/mol. The van der Waals surface area contributed by atoms with Crippen LogP contribution >= 0.6 is 11.8 Å². The van der Waals surface area contributed by atoms with Crippen molar-refractivity contribution in [1.82, 2.24) is 13.9 Å². The second kappa shape index (κ2) is 8.58. The van der Waals surface area contributed by atoms with Gasteiger partial charge < -0.3 is 5.32 Å². The molecule has 0 aromatic heterocycles. The van der Waals surface area contributed by atoms with Crippen LogP contribution in [0.2, 0.25) is 0 Å². The third kappa shape index (κ3) is 4.59. The summed E-state index contributed by atoms with van der Waals surface area (Å²) in [6.45, 7) is 4.32. The number of hydrogen-bond acceptors (Lipinski definition) is 4. The van der Waals surface area contributed by atoms with E-state index in [1.165, 1.54) is 0 Å². The van der Waals surface area contributed by atoms with Gasteiger partial charge in [0.15, 0.2) is 0 Å². The average Bonchev–Trinajstić information content (AvgIpc) is 2.45. The number of thioether (sulfide) groups is 1. The second-order valence-corrected chi connectivity index (χ2v) is 8.34. The van der Waals surface area contributed by atoms with Crippen molar-refractivity contribution in [2.24, 2.45) is 5.92 Å². The molecule has 7 heteroatoms. The first-order chi connectivity index (χ1) is 9.47. The van der Waals surface area contributed by atoms with Crippen LogP contribution < -0.4 is 5.32 Å². The van der Waals surface area contributed by atoms with Crippen LogP contribution in [0.4, 0.5) is 0 Å². The van der Waals surface area contributed by atoms with Crippen LogP contribution in [0.3, 0.4) is 0 Å². The molecule has 120 valence electrons. The standard InChI is InChI=1S/C13H29N3O2S2/c1-5-13(11-19-4)15(3)20(17,18)16-8-6-12(7-9-16)10-14-2/h12-14H,5-11H2,1-4H3. The highest BCUT2D eigenvalue weighted by Gasteiger charge is 2.33. The molecule has 20 heavy (non-hydrogen) atoms. The van der Waals surface area contributed by atoms with E-state index in [4.69, 9.17) is 0 Å². The maximum atomic E-state index is 12.7. The fourth-order valence-electron chi connectivity index (χ4n) is 2.68. The van der Waals surface area contributed by atoms with Gasteiger partial charge in [-0.05, 0) is 45.0 Å². The molecule has 0 bridgehead atoms. The van der Waals surface area contributed by atoms with Gasteiger partial charge in [0, 0.05) is 31.9 Å². The van der Waals surface area contributed by atoms with Crippen LogP contribution in [0.15, 0.2) is 0 Å². The lowest BCUT2D eigenvalue weighted by molar-refractivity contribution is 0.248. The molecule has 0 amide bonds. The van der Waals surface area contributed by atoms with Gasteiger partial charge in [0.05, 0.1) is 0 Å². The number of nitrogens with zero attached hydrogens (tertiary/aromatic N) is 2. The Morgan fingerprint density at radius 3 is 2.45 bits per heavy atom. The summed E-state index contributed by atoms with van der Waals surface area (Å²) in [6, 6.07) is 0.0880. The molecule has 1 saturated heterocycles. The van der Waals surface area contributed by atoms with Crippen LogP contribution in [-0.2, 0) is 10.2 Å². The summed E-state index contributed by atoms with van der Waals surface area (Å²) in [5, 5.41) is 3.18. The largest absolute Gasteiger partial charge is 0.319 e. The van der Waals surface area contributed by atoms with E-state index in [9.17, 15) is 8.42 Å². The van der Waals surface area contributed by atoms with E-state index in [2.05, 4.69) is 5.32 Å². The zero-order valence-corrected chi connectivity index (χ0v) is 14.8. The van der Waals surface area contributed by atoms with Gasteiger partial charge in [-0.25, -0.2) is 0 Å². The summed E-state index contributed by atoms with van der Waals surface area (Å²) in [7, 11) is 0.370. The Balaban J connectivity index is 2.65. The van der Waals surface area contributed by atoms with Crippen molar-refractivity contribution in [2.75, 3.05) is 45.7 Å². The van der Waals surface area contributed by atoms with Gasteiger partial charge in [-0.1, -0.05) is 6.92 Å². The van der Waals surface area contributed by atoms with Gasteiger partial charge in [-0.15, -0.1) is 0 Å². The van der Waals surface area contributed by atoms with E-state index in [1.807, 2.05) is 20.2 Å². The molecule has 1 unspecified atom stereocenters. The summed E-state index contributed by atoms with van der Waals surface area (Å²) in [5.74, 6) is 1.45. The highest BCUT2D eigenvalue weighted by Crippen LogP contribution is 2.22. The van der Waals surface area contributed by atoms with Crippen LogP contribution in [0.25, 0.3) is 0 Å². The third-order valence-electron chi connectivity index (χ3n) is 4.10. The van der Waals surface area contributed by atoms with Gasteiger partial charge in [0.2, 0.25) is 0 Å². The Morgan fingerprint density at radius 1 is 1.40 bits per heavy atom. The van der Waals surface area contributed by atoms with E-state index in [-0.39, 0.29) is 6.04 Å². The van der Waals surface area contributed by atoms with Crippen LogP contribution in [0.1, 0.15) is 26.2 Å². The highest BCUT2D eigenvalue weighted by atomic mass is 32.2. The molecule has 0 aromatic rings. The van der Waals surface area contributed by atoms with E-state index in [0.717, 1.165) is 31.6 Å². The van der Waals surface area contributed by atoms with Gasteiger partial charge in [-0.2, -0.15) is 28.8 Å². The predicted octanol–water partition coefficient (Wildman–Crippen LogP) is 1.24. The fourth-order valence-corrected chi connectivity index (χ4v) is 5.25. The minimum absolute atomic E-state index is 0.0880. The number of hydrogen-bond donors (Lipinski definition) is 1. The Kier molecular flexibility index (Phi) is 7.82. The van der Waals surface area contributed by atoms with Gasteiger partial charge >= 0.3 is 0 Å². The molecule has 1 heterocycles. The third-order valence-corrected chi connectivity index (χ3v) is 6.86. The summed E-state index contributed by atoms with van der Waals surface area (Å²) in [6.07, 6.45) is 4.78. The van der Waals surface area contributed by atoms with E-state index >= 15 is 0 Å². The molecular weight excluding hydrogens is 294 g/mol. The van der Waals surface area contributed by atoms with E-state index < -0.39 is 10.2 Å². The number of piperidine rings is 1. The minimum Gasteiger partial charge on any atom is -0.319 e. The Bertz CT molecular complexity index is 368. The quantitative estimate of drug-likeness (QED) is 0.730. The summed E-state index contributed by atoms with van der Waals surface area (Å²) < 4.78 is 28.5. The van der Waals surface area contributed by atoms with Crippen molar-refractivity contribution in [3.8, 4) is 0 Å². The van der Waals surface area contributed by atoms with Crippen molar-refractivity contribution < 1.29 is 8.42 Å². The molecule has 0 radical (unpaired) electrons. The predicted molar refractivity (Wildman–Crippen MR) is 87.4 cm³/mol. The molecule has 1 atom stereocenters. The van der Waals surface area contributed by atoms with E-state index in [0.29, 0.717) is 19.0 Å². The zero-order valence-electron chi connectivity index (χ0n) is 13.1. The molecule has 0 aromatic carbocycles. The topological polar surface area (TPSA) is 52.7 Å². The lowest BCUT2D eigenvalue weighted by atomic mass is 9.98. The van der Waals surface area contributed by atoms with Gasteiger partial charge in [0.1, 0.15) is 0 Å². The number of rotatable bonds is 8. The van der Waals surface area contributed by atoms with Gasteiger partial charge in [0.25, 0.3) is 10.2 Å². The van der Waals surface area contributed by atoms with Gasteiger partial charge in [-0.3, -0.25) is 0 Å². The van der Waals surface area contributed by atoms with Crippen LogP contribution in [-0.4, -0.2) is 68.8 Å². The second-order valence-electron chi connectivity index (χ2n) is 5.44. The normalized spacial score (nSPS) is 20.4. The molecular formula is C13H29N3O2S2. The molecule has 1 rings (SSSR count). The Morgan fingerprint density at radius 2 is 2.00 bits per heavy atom. The molecule has 0 saturated carbocycles. The molecule has 1 N–H and O–H groups in total. The summed E-state index contributed by atoms with van der Waals surface area (Å²) in [4.78, 5) is 0. The maximum Gasteiger partial charge on any atom is 0.282 e. The first-order valence-corrected chi connectivity index (χ1v) is 10.1. The smallest absolute Gasteiger partial charge is 0.282 e. The van der Waals surface area contributed by atoms with Crippen LogP contribution in [0, 0.1) is 5.92 Å². The molecule has 0 aliphatic carbocycles. The summed E-state index contributed by atoms with van der Waals surface area (Å²) in [5.41, 5.74) is 0. The Hall–Kier alpha value is 0.180. The highest BCUT2D eigenvalue weighted by molar-refractivity contribution is 7.98. The summed E-state index contributed by atoms with van der Waals surface area (Å²) >= 11 is 1.70. The lowest BCUT2D eigenvalue weighted by Gasteiger charge is -2.36. The molecule has 1 fully saturated rings. The average molecular weight is 324 g/mol. The van der Waals surface area contributed by atoms with Crippen molar-refractivity contribution in [2.45, 2.75) is 32.2 Å².